The van der Waals surface area contributed by atoms with Gasteiger partial charge in [0.1, 0.15) is 0 Å². The van der Waals surface area contributed by atoms with Gasteiger partial charge in [0.15, 0.2) is 0 Å². The van der Waals surface area contributed by atoms with Crippen LogP contribution < -0.4 is 0 Å². The lowest BCUT2D eigenvalue weighted by Crippen LogP contribution is -2.10. The monoisotopic (exact) mass is 128 g/mol. The average molecular weight is 128 g/mol. The van der Waals surface area contributed by atoms with Crippen LogP contribution in [0.25, 0.3) is 0 Å². The molecule has 0 saturated carbocycles. The Balaban J connectivity index is 3.76. The van der Waals surface area contributed by atoms with Gasteiger partial charge in [0.2, 0.25) is 0 Å². The Bertz CT molecular complexity index is 99.1. The van der Waals surface area contributed by atoms with Crippen LogP contribution in [0.2, 0.25) is 0 Å². The molecule has 2 unspecified atom stereocenters. The predicted molar refractivity (Wildman–Crippen MR) is 40.3 cm³/mol. The molecule has 1 heteroatoms. The van der Waals surface area contributed by atoms with Gasteiger partial charge in [-0.2, -0.15) is 0 Å². The molecule has 0 aliphatic rings. The molecule has 0 bridgehead atoms. The number of aliphatic hydroxyl groups excluding tert-OH is 1. The van der Waals surface area contributed by atoms with Crippen molar-refractivity contribution in [3.05, 3.63) is 11.6 Å². The van der Waals surface area contributed by atoms with Crippen molar-refractivity contribution in [1.29, 1.82) is 0 Å². The fourth-order valence-electron chi connectivity index (χ4n) is 0.665. The van der Waals surface area contributed by atoms with Crippen molar-refractivity contribution in [2.45, 2.75) is 33.8 Å². The lowest BCUT2D eigenvalue weighted by atomic mass is 10.0. The summed E-state index contributed by atoms with van der Waals surface area (Å²) in [7, 11) is 0. The van der Waals surface area contributed by atoms with E-state index in [0.717, 1.165) is 0 Å². The van der Waals surface area contributed by atoms with Crippen molar-refractivity contribution in [2.75, 3.05) is 0 Å². The maximum Gasteiger partial charge on any atom is 0.0572 e. The fraction of sp³-hybridized carbons (Fsp3) is 0.750. The van der Waals surface area contributed by atoms with Gasteiger partial charge in [-0.25, -0.2) is 0 Å². The fourth-order valence-corrected chi connectivity index (χ4v) is 0.665. The molecular formula is C8H16O. The molecule has 0 aromatic rings. The van der Waals surface area contributed by atoms with E-state index in [2.05, 4.69) is 6.08 Å². The Morgan fingerprint density at radius 2 is 1.78 bits per heavy atom. The lowest BCUT2D eigenvalue weighted by Gasteiger charge is -2.09. The van der Waals surface area contributed by atoms with Crippen molar-refractivity contribution in [3.63, 3.8) is 0 Å². The van der Waals surface area contributed by atoms with Gasteiger partial charge in [-0.15, -0.1) is 0 Å². The molecule has 0 fully saturated rings. The zero-order valence-electron chi connectivity index (χ0n) is 6.68. The molecule has 0 amide bonds. The second-order valence-corrected chi connectivity index (χ2v) is 2.84. The van der Waals surface area contributed by atoms with Crippen molar-refractivity contribution >= 4 is 0 Å². The number of hydrogen-bond acceptors (Lipinski definition) is 1. The van der Waals surface area contributed by atoms with E-state index in [1.54, 1.807) is 0 Å². The van der Waals surface area contributed by atoms with E-state index in [9.17, 15) is 0 Å². The molecule has 0 heterocycles. The molecule has 0 aliphatic carbocycles. The van der Waals surface area contributed by atoms with Crippen LogP contribution >= 0.6 is 0 Å². The molecule has 0 saturated heterocycles. The summed E-state index contributed by atoms with van der Waals surface area (Å²) in [5, 5.41) is 9.03. The molecule has 0 aliphatic heterocycles. The van der Waals surface area contributed by atoms with Gasteiger partial charge in [-0.3, -0.25) is 0 Å². The lowest BCUT2D eigenvalue weighted by molar-refractivity contribution is 0.157. The van der Waals surface area contributed by atoms with Crippen LogP contribution in [0.1, 0.15) is 27.7 Å². The van der Waals surface area contributed by atoms with E-state index >= 15 is 0 Å². The molecule has 0 aromatic carbocycles. The zero-order chi connectivity index (χ0) is 7.44. The minimum absolute atomic E-state index is 0.222. The predicted octanol–water partition coefficient (Wildman–Crippen LogP) is 1.97. The van der Waals surface area contributed by atoms with Gasteiger partial charge < -0.3 is 5.11 Å². The highest BCUT2D eigenvalue weighted by molar-refractivity contribution is 4.97. The van der Waals surface area contributed by atoms with Crippen LogP contribution in [0, 0.1) is 5.92 Å². The van der Waals surface area contributed by atoms with Gasteiger partial charge in [0.25, 0.3) is 0 Å². The van der Waals surface area contributed by atoms with Crippen LogP contribution in [0.5, 0.6) is 0 Å². The molecule has 1 N–H and O–H groups in total. The Hall–Kier alpha value is -0.300. The van der Waals surface area contributed by atoms with Crippen LogP contribution in [-0.4, -0.2) is 11.2 Å². The SMILES string of the molecule is CC(C)=CC(C)C(C)O. The first-order chi connectivity index (χ1) is 4.04. The number of hydrogen-bond donors (Lipinski definition) is 1. The summed E-state index contributed by atoms with van der Waals surface area (Å²) in [6, 6.07) is 0. The molecule has 1 nitrogen and oxygen atoms in total. The Morgan fingerprint density at radius 3 is 1.89 bits per heavy atom. The van der Waals surface area contributed by atoms with Crippen molar-refractivity contribution in [3.8, 4) is 0 Å². The Morgan fingerprint density at radius 1 is 1.33 bits per heavy atom. The number of rotatable bonds is 2. The third-order valence-electron chi connectivity index (χ3n) is 1.36. The van der Waals surface area contributed by atoms with Gasteiger partial charge in [-0.1, -0.05) is 18.6 Å². The van der Waals surface area contributed by atoms with E-state index in [-0.39, 0.29) is 12.0 Å². The maximum atomic E-state index is 9.03. The summed E-state index contributed by atoms with van der Waals surface area (Å²) in [4.78, 5) is 0. The standard InChI is InChI=1S/C8H16O/c1-6(2)5-7(3)8(4)9/h5,7-9H,1-4H3. The summed E-state index contributed by atoms with van der Waals surface area (Å²) in [5.41, 5.74) is 1.27. The molecule has 0 rings (SSSR count). The highest BCUT2D eigenvalue weighted by Crippen LogP contribution is 2.06. The van der Waals surface area contributed by atoms with Crippen molar-refractivity contribution in [2.24, 2.45) is 5.92 Å². The molecular weight excluding hydrogens is 112 g/mol. The summed E-state index contributed by atoms with van der Waals surface area (Å²) in [5.74, 6) is 0.287. The largest absolute Gasteiger partial charge is 0.393 e. The Labute approximate surface area is 57.4 Å². The minimum Gasteiger partial charge on any atom is -0.393 e. The third kappa shape index (κ3) is 4.22. The summed E-state index contributed by atoms with van der Waals surface area (Å²) >= 11 is 0. The van der Waals surface area contributed by atoms with Gasteiger partial charge in [0, 0.05) is 0 Å². The highest BCUT2D eigenvalue weighted by atomic mass is 16.3. The van der Waals surface area contributed by atoms with Gasteiger partial charge >= 0.3 is 0 Å². The van der Waals surface area contributed by atoms with E-state index < -0.39 is 0 Å². The van der Waals surface area contributed by atoms with Crippen LogP contribution in [0.3, 0.4) is 0 Å². The van der Waals surface area contributed by atoms with Crippen LogP contribution in [0.4, 0.5) is 0 Å². The first-order valence-electron chi connectivity index (χ1n) is 3.37. The second-order valence-electron chi connectivity index (χ2n) is 2.84. The minimum atomic E-state index is -0.222. The van der Waals surface area contributed by atoms with Gasteiger partial charge in [-0.05, 0) is 26.7 Å². The Kier molecular flexibility index (Phi) is 3.55. The van der Waals surface area contributed by atoms with Crippen LogP contribution in [0.15, 0.2) is 11.6 Å². The normalized spacial score (nSPS) is 16.6. The third-order valence-corrected chi connectivity index (χ3v) is 1.36. The summed E-state index contributed by atoms with van der Waals surface area (Å²) in [6.45, 7) is 7.90. The molecule has 54 valence electrons. The smallest absolute Gasteiger partial charge is 0.0572 e. The number of aliphatic hydroxyl groups is 1. The quantitative estimate of drug-likeness (QED) is 0.564. The van der Waals surface area contributed by atoms with E-state index in [1.807, 2.05) is 27.7 Å². The molecule has 2 atom stereocenters. The van der Waals surface area contributed by atoms with Crippen LogP contribution in [-0.2, 0) is 0 Å². The van der Waals surface area contributed by atoms with Gasteiger partial charge in [0.05, 0.1) is 6.10 Å². The average Bonchev–Trinajstić information content (AvgIpc) is 1.63. The van der Waals surface area contributed by atoms with Crippen molar-refractivity contribution < 1.29 is 5.11 Å². The first kappa shape index (κ1) is 8.70. The van der Waals surface area contributed by atoms with E-state index in [0.29, 0.717) is 0 Å². The molecule has 0 radical (unpaired) electrons. The topological polar surface area (TPSA) is 20.2 Å². The van der Waals surface area contributed by atoms with E-state index in [4.69, 9.17) is 5.11 Å². The van der Waals surface area contributed by atoms with Crippen molar-refractivity contribution in [1.82, 2.24) is 0 Å². The molecule has 9 heavy (non-hydrogen) atoms. The highest BCUT2D eigenvalue weighted by Gasteiger charge is 2.03. The number of allylic oxidation sites excluding steroid dienone is 1. The zero-order valence-corrected chi connectivity index (χ0v) is 6.68. The first-order valence-corrected chi connectivity index (χ1v) is 3.37. The van der Waals surface area contributed by atoms with E-state index in [1.165, 1.54) is 5.57 Å². The maximum absolute atomic E-state index is 9.03. The summed E-state index contributed by atoms with van der Waals surface area (Å²) < 4.78 is 0. The summed E-state index contributed by atoms with van der Waals surface area (Å²) in [6.07, 6.45) is 1.85. The molecule has 0 spiro atoms. The second kappa shape index (κ2) is 3.67. The molecule has 0 aromatic heterocycles.